The normalized spacial score (nSPS) is 11.2. The lowest BCUT2D eigenvalue weighted by Crippen LogP contribution is -2.12. The summed E-state index contributed by atoms with van der Waals surface area (Å²) in [6.45, 7) is 3.84. The summed E-state index contributed by atoms with van der Waals surface area (Å²) < 4.78 is 0. The van der Waals surface area contributed by atoms with Crippen molar-refractivity contribution in [2.45, 2.75) is 13.8 Å². The zero-order valence-electron chi connectivity index (χ0n) is 12.8. The second-order valence-electron chi connectivity index (χ2n) is 5.11. The number of benzene rings is 2. The van der Waals surface area contributed by atoms with Crippen molar-refractivity contribution in [2.75, 3.05) is 5.32 Å². The van der Waals surface area contributed by atoms with E-state index in [1.165, 1.54) is 0 Å². The van der Waals surface area contributed by atoms with Gasteiger partial charge in [0.15, 0.2) is 0 Å². The fourth-order valence-electron chi connectivity index (χ4n) is 2.08. The number of rotatable bonds is 4. The van der Waals surface area contributed by atoms with Gasteiger partial charge in [0.25, 0.3) is 0 Å². The number of hydrogen-bond donors (Lipinski definition) is 2. The monoisotopic (exact) mass is 329 g/mol. The topological polar surface area (TPSA) is 66.4 Å². The van der Waals surface area contributed by atoms with E-state index in [0.717, 1.165) is 17.2 Å². The van der Waals surface area contributed by atoms with E-state index in [0.29, 0.717) is 16.3 Å². The Morgan fingerprint density at radius 2 is 1.74 bits per heavy atom. The quantitative estimate of drug-likeness (QED) is 0.831. The van der Waals surface area contributed by atoms with Crippen LogP contribution in [0.25, 0.3) is 5.57 Å². The summed E-state index contributed by atoms with van der Waals surface area (Å²) in [6.07, 6.45) is 1.08. The van der Waals surface area contributed by atoms with E-state index in [4.69, 9.17) is 11.6 Å². The predicted molar refractivity (Wildman–Crippen MR) is 91.6 cm³/mol. The molecule has 118 valence electrons. The summed E-state index contributed by atoms with van der Waals surface area (Å²) in [5, 5.41) is 12.5. The second kappa shape index (κ2) is 7.11. The number of halogens is 1. The van der Waals surface area contributed by atoms with Gasteiger partial charge in [0.05, 0.1) is 5.57 Å². The van der Waals surface area contributed by atoms with Crippen LogP contribution in [0.15, 0.2) is 48.5 Å². The van der Waals surface area contributed by atoms with Crippen molar-refractivity contribution in [2.24, 2.45) is 0 Å². The molecule has 5 heteroatoms. The number of amides is 1. The third-order valence-electron chi connectivity index (χ3n) is 3.52. The minimum atomic E-state index is -1.18. The Labute approximate surface area is 139 Å². The first-order valence-electron chi connectivity index (χ1n) is 6.96. The molecule has 2 rings (SSSR count). The molecule has 23 heavy (non-hydrogen) atoms. The lowest BCUT2D eigenvalue weighted by molar-refractivity contribution is -0.130. The largest absolute Gasteiger partial charge is 0.478 e. The molecule has 0 spiro atoms. The van der Waals surface area contributed by atoms with E-state index < -0.39 is 11.9 Å². The molecular weight excluding hydrogens is 314 g/mol. The fraction of sp³-hybridized carbons (Fsp3) is 0.111. The van der Waals surface area contributed by atoms with Crippen LogP contribution < -0.4 is 5.32 Å². The maximum atomic E-state index is 12.2. The Morgan fingerprint density at radius 1 is 1.09 bits per heavy atom. The molecule has 0 saturated carbocycles. The SMILES string of the molecule is Cc1cccc(NC(=O)C=C(C(=O)O)c2ccc(Cl)cc2)c1C. The van der Waals surface area contributed by atoms with Gasteiger partial charge in [0.2, 0.25) is 5.91 Å². The van der Waals surface area contributed by atoms with Gasteiger partial charge >= 0.3 is 5.97 Å². The van der Waals surface area contributed by atoms with Crippen LogP contribution in [-0.4, -0.2) is 17.0 Å². The molecule has 0 aliphatic carbocycles. The molecule has 0 fully saturated rings. The van der Waals surface area contributed by atoms with E-state index in [-0.39, 0.29) is 5.57 Å². The Kier molecular flexibility index (Phi) is 5.19. The first-order valence-corrected chi connectivity index (χ1v) is 7.34. The molecule has 0 aliphatic heterocycles. The maximum absolute atomic E-state index is 12.2. The van der Waals surface area contributed by atoms with E-state index in [2.05, 4.69) is 5.32 Å². The molecule has 0 unspecified atom stereocenters. The van der Waals surface area contributed by atoms with Crippen LogP contribution in [0.1, 0.15) is 16.7 Å². The van der Waals surface area contributed by atoms with Crippen LogP contribution in [-0.2, 0) is 9.59 Å². The maximum Gasteiger partial charge on any atom is 0.336 e. The highest BCUT2D eigenvalue weighted by Gasteiger charge is 2.13. The molecule has 2 aromatic rings. The minimum Gasteiger partial charge on any atom is -0.478 e. The standard InChI is InChI=1S/C18H16ClNO3/c1-11-4-3-5-16(12(11)2)20-17(21)10-15(18(22)23)13-6-8-14(19)9-7-13/h3-10H,1-2H3,(H,20,21)(H,22,23). The van der Waals surface area contributed by atoms with Gasteiger partial charge in [-0.1, -0.05) is 35.9 Å². The Bertz CT molecular complexity index is 779. The van der Waals surface area contributed by atoms with Gasteiger partial charge < -0.3 is 10.4 Å². The van der Waals surface area contributed by atoms with Crippen molar-refractivity contribution >= 4 is 34.7 Å². The molecule has 2 N–H and O–H groups in total. The van der Waals surface area contributed by atoms with Crippen molar-refractivity contribution in [1.29, 1.82) is 0 Å². The van der Waals surface area contributed by atoms with Gasteiger partial charge in [-0.25, -0.2) is 4.79 Å². The highest BCUT2D eigenvalue weighted by Crippen LogP contribution is 2.20. The van der Waals surface area contributed by atoms with Gasteiger partial charge in [-0.2, -0.15) is 0 Å². The number of nitrogens with one attached hydrogen (secondary N) is 1. The average molecular weight is 330 g/mol. The highest BCUT2D eigenvalue weighted by atomic mass is 35.5. The number of aryl methyl sites for hydroxylation is 1. The van der Waals surface area contributed by atoms with Crippen LogP contribution in [0.3, 0.4) is 0 Å². The predicted octanol–water partition coefficient (Wildman–Crippen LogP) is 4.06. The molecule has 0 aromatic heterocycles. The van der Waals surface area contributed by atoms with Crippen LogP contribution >= 0.6 is 11.6 Å². The van der Waals surface area contributed by atoms with Crippen molar-refractivity contribution in [3.05, 3.63) is 70.3 Å². The van der Waals surface area contributed by atoms with E-state index >= 15 is 0 Å². The van der Waals surface area contributed by atoms with Crippen molar-refractivity contribution in [3.63, 3.8) is 0 Å². The number of carboxylic acids is 1. The summed E-state index contributed by atoms with van der Waals surface area (Å²) in [5.74, 6) is -1.67. The second-order valence-corrected chi connectivity index (χ2v) is 5.54. The molecule has 0 atom stereocenters. The van der Waals surface area contributed by atoms with E-state index in [1.54, 1.807) is 30.3 Å². The third-order valence-corrected chi connectivity index (χ3v) is 3.78. The zero-order chi connectivity index (χ0) is 17.0. The first kappa shape index (κ1) is 16.8. The zero-order valence-corrected chi connectivity index (χ0v) is 13.5. The summed E-state index contributed by atoms with van der Waals surface area (Å²) in [7, 11) is 0. The van der Waals surface area contributed by atoms with Gasteiger partial charge in [-0.05, 0) is 48.7 Å². The molecule has 1 amide bonds. The van der Waals surface area contributed by atoms with Gasteiger partial charge in [0, 0.05) is 16.8 Å². The third kappa shape index (κ3) is 4.20. The molecular formula is C18H16ClNO3. The molecule has 2 aromatic carbocycles. The van der Waals surface area contributed by atoms with E-state index in [1.807, 2.05) is 26.0 Å². The van der Waals surface area contributed by atoms with Crippen molar-refractivity contribution in [3.8, 4) is 0 Å². The van der Waals surface area contributed by atoms with Crippen molar-refractivity contribution < 1.29 is 14.7 Å². The molecule has 4 nitrogen and oxygen atoms in total. The first-order chi connectivity index (χ1) is 10.9. The van der Waals surface area contributed by atoms with Gasteiger partial charge in [-0.15, -0.1) is 0 Å². The van der Waals surface area contributed by atoms with E-state index in [9.17, 15) is 14.7 Å². The molecule has 0 heterocycles. The van der Waals surface area contributed by atoms with Crippen LogP contribution in [0, 0.1) is 13.8 Å². The Balaban J connectivity index is 2.29. The number of anilines is 1. The minimum absolute atomic E-state index is 0.0931. The lowest BCUT2D eigenvalue weighted by Gasteiger charge is -2.09. The van der Waals surface area contributed by atoms with Gasteiger partial charge in [-0.3, -0.25) is 4.79 Å². The lowest BCUT2D eigenvalue weighted by atomic mass is 10.1. The Morgan fingerprint density at radius 3 is 2.35 bits per heavy atom. The number of hydrogen-bond acceptors (Lipinski definition) is 2. The summed E-state index contributed by atoms with van der Waals surface area (Å²) in [6, 6.07) is 11.8. The summed E-state index contributed by atoms with van der Waals surface area (Å²) >= 11 is 5.80. The van der Waals surface area contributed by atoms with Crippen LogP contribution in [0.5, 0.6) is 0 Å². The molecule has 0 aliphatic rings. The Hall–Kier alpha value is -2.59. The number of carbonyl (C=O) groups excluding carboxylic acids is 1. The van der Waals surface area contributed by atoms with Crippen LogP contribution in [0.4, 0.5) is 5.69 Å². The average Bonchev–Trinajstić information content (AvgIpc) is 2.50. The van der Waals surface area contributed by atoms with Crippen LogP contribution in [0.2, 0.25) is 5.02 Å². The van der Waals surface area contributed by atoms with Gasteiger partial charge in [0.1, 0.15) is 0 Å². The number of aliphatic carboxylic acids is 1. The number of carboxylic acid groups (broad SMARTS) is 1. The molecule has 0 saturated heterocycles. The van der Waals surface area contributed by atoms with Crippen molar-refractivity contribution in [1.82, 2.24) is 0 Å². The smallest absolute Gasteiger partial charge is 0.336 e. The molecule has 0 radical (unpaired) electrons. The molecule has 0 bridgehead atoms. The fourth-order valence-corrected chi connectivity index (χ4v) is 2.21. The number of carbonyl (C=O) groups is 2. The highest BCUT2D eigenvalue weighted by molar-refractivity contribution is 6.30. The summed E-state index contributed by atoms with van der Waals surface area (Å²) in [4.78, 5) is 23.6. The summed E-state index contributed by atoms with van der Waals surface area (Å²) in [5.41, 5.74) is 2.97.